The van der Waals surface area contributed by atoms with E-state index in [1.54, 1.807) is 7.11 Å². The Morgan fingerprint density at radius 3 is 2.71 bits per heavy atom. The van der Waals surface area contributed by atoms with Crippen LogP contribution in [-0.2, 0) is 16.1 Å². The Morgan fingerprint density at radius 1 is 1.38 bits per heavy atom. The lowest BCUT2D eigenvalue weighted by Crippen LogP contribution is -2.51. The Bertz CT molecular complexity index is 479. The first-order valence-electron chi connectivity index (χ1n) is 7.66. The van der Waals surface area contributed by atoms with Crippen molar-refractivity contribution in [1.29, 1.82) is 0 Å². The van der Waals surface area contributed by atoms with E-state index in [2.05, 4.69) is 6.92 Å². The van der Waals surface area contributed by atoms with Crippen LogP contribution in [0.5, 0.6) is 5.75 Å². The molecule has 0 aliphatic heterocycles. The predicted octanol–water partition coefficient (Wildman–Crippen LogP) is 3.04. The molecule has 0 saturated heterocycles. The van der Waals surface area contributed by atoms with Crippen molar-refractivity contribution in [2.45, 2.75) is 51.2 Å². The molecule has 1 aliphatic rings. The highest BCUT2D eigenvalue weighted by Gasteiger charge is 2.39. The Hall–Kier alpha value is -1.55. The van der Waals surface area contributed by atoms with Crippen molar-refractivity contribution in [3.63, 3.8) is 0 Å². The highest BCUT2D eigenvalue weighted by molar-refractivity contribution is 5.80. The first-order valence-corrected chi connectivity index (χ1v) is 7.66. The number of nitrogens with two attached hydrogens (primary N) is 1. The molecule has 0 heterocycles. The number of carbonyl (C=O) groups excluding carboxylic acids is 1. The van der Waals surface area contributed by atoms with Crippen LogP contribution in [0, 0.1) is 5.92 Å². The zero-order chi connectivity index (χ0) is 15.3. The van der Waals surface area contributed by atoms with Gasteiger partial charge in [0.05, 0.1) is 7.11 Å². The topological polar surface area (TPSA) is 61.6 Å². The molecular weight excluding hydrogens is 266 g/mol. The third-order valence-electron chi connectivity index (χ3n) is 4.49. The fourth-order valence-electron chi connectivity index (χ4n) is 2.86. The normalized spacial score (nSPS) is 25.4. The second-order valence-corrected chi connectivity index (χ2v) is 5.94. The van der Waals surface area contributed by atoms with Crippen molar-refractivity contribution in [2.24, 2.45) is 11.7 Å². The summed E-state index contributed by atoms with van der Waals surface area (Å²) in [6.45, 7) is 2.43. The molecule has 0 aromatic heterocycles. The van der Waals surface area contributed by atoms with E-state index in [9.17, 15) is 4.79 Å². The molecule has 2 N–H and O–H groups in total. The molecule has 1 fully saturated rings. The van der Waals surface area contributed by atoms with Crippen molar-refractivity contribution in [1.82, 2.24) is 0 Å². The van der Waals surface area contributed by atoms with Crippen LogP contribution in [0.3, 0.4) is 0 Å². The molecule has 0 radical (unpaired) electrons. The van der Waals surface area contributed by atoms with Crippen molar-refractivity contribution in [3.8, 4) is 5.75 Å². The second-order valence-electron chi connectivity index (χ2n) is 5.94. The van der Waals surface area contributed by atoms with Gasteiger partial charge in [-0.2, -0.15) is 0 Å². The number of esters is 1. The monoisotopic (exact) mass is 291 g/mol. The van der Waals surface area contributed by atoms with Gasteiger partial charge in [0.2, 0.25) is 0 Å². The number of carbonyl (C=O) groups is 1. The largest absolute Gasteiger partial charge is 0.497 e. The number of methoxy groups -OCH3 is 1. The van der Waals surface area contributed by atoms with Gasteiger partial charge in [-0.15, -0.1) is 0 Å². The molecule has 0 atom stereocenters. The minimum absolute atomic E-state index is 0.242. The minimum atomic E-state index is -0.801. The Morgan fingerprint density at radius 2 is 2.10 bits per heavy atom. The Labute approximate surface area is 126 Å². The van der Waals surface area contributed by atoms with E-state index in [4.69, 9.17) is 15.2 Å². The molecule has 116 valence electrons. The van der Waals surface area contributed by atoms with Crippen molar-refractivity contribution >= 4 is 5.97 Å². The fraction of sp³-hybridized carbons (Fsp3) is 0.588. The summed E-state index contributed by atoms with van der Waals surface area (Å²) in [5, 5.41) is 0. The number of hydrogen-bond acceptors (Lipinski definition) is 4. The molecule has 2 rings (SSSR count). The van der Waals surface area contributed by atoms with E-state index in [0.29, 0.717) is 5.92 Å². The molecule has 1 aromatic carbocycles. The molecule has 21 heavy (non-hydrogen) atoms. The zero-order valence-electron chi connectivity index (χ0n) is 12.9. The van der Waals surface area contributed by atoms with Crippen LogP contribution in [0.4, 0.5) is 0 Å². The predicted molar refractivity (Wildman–Crippen MR) is 82.0 cm³/mol. The zero-order valence-corrected chi connectivity index (χ0v) is 12.9. The van der Waals surface area contributed by atoms with E-state index in [1.807, 2.05) is 24.3 Å². The maximum atomic E-state index is 12.3. The molecule has 1 aliphatic carbocycles. The van der Waals surface area contributed by atoms with E-state index >= 15 is 0 Å². The summed E-state index contributed by atoms with van der Waals surface area (Å²) in [6.07, 6.45) is 4.64. The van der Waals surface area contributed by atoms with Gasteiger partial charge in [0.25, 0.3) is 0 Å². The highest BCUT2D eigenvalue weighted by Crippen LogP contribution is 2.33. The third-order valence-corrected chi connectivity index (χ3v) is 4.49. The van der Waals surface area contributed by atoms with Gasteiger partial charge in [0, 0.05) is 0 Å². The molecule has 4 nitrogen and oxygen atoms in total. The average Bonchev–Trinajstić information content (AvgIpc) is 2.53. The third kappa shape index (κ3) is 3.97. The van der Waals surface area contributed by atoms with Crippen LogP contribution in [0.15, 0.2) is 24.3 Å². The quantitative estimate of drug-likeness (QED) is 0.847. The summed E-state index contributed by atoms with van der Waals surface area (Å²) in [4.78, 5) is 12.3. The van der Waals surface area contributed by atoms with E-state index in [1.165, 1.54) is 0 Å². The molecule has 1 aromatic rings. The number of ether oxygens (including phenoxy) is 2. The van der Waals surface area contributed by atoms with Gasteiger partial charge in [0.15, 0.2) is 0 Å². The van der Waals surface area contributed by atoms with Crippen molar-refractivity contribution in [3.05, 3.63) is 29.8 Å². The lowest BCUT2D eigenvalue weighted by molar-refractivity contribution is -0.153. The number of benzene rings is 1. The molecule has 4 heteroatoms. The van der Waals surface area contributed by atoms with Crippen LogP contribution in [0.1, 0.15) is 44.6 Å². The van der Waals surface area contributed by atoms with Gasteiger partial charge in [-0.1, -0.05) is 25.5 Å². The first-order chi connectivity index (χ1) is 10.1. The molecule has 0 amide bonds. The van der Waals surface area contributed by atoms with Gasteiger partial charge in [-0.05, 0) is 49.3 Å². The average molecular weight is 291 g/mol. The Balaban J connectivity index is 1.89. The van der Waals surface area contributed by atoms with Crippen LogP contribution < -0.4 is 10.5 Å². The summed E-state index contributed by atoms with van der Waals surface area (Å²) in [5.41, 5.74) is 6.35. The maximum Gasteiger partial charge on any atom is 0.326 e. The van der Waals surface area contributed by atoms with Crippen molar-refractivity contribution < 1.29 is 14.3 Å². The summed E-state index contributed by atoms with van der Waals surface area (Å²) in [7, 11) is 1.62. The number of rotatable bonds is 5. The second kappa shape index (κ2) is 6.94. The van der Waals surface area contributed by atoms with E-state index in [-0.39, 0.29) is 12.6 Å². The maximum absolute atomic E-state index is 12.3. The first kappa shape index (κ1) is 15.8. The van der Waals surface area contributed by atoms with Gasteiger partial charge >= 0.3 is 5.97 Å². The van der Waals surface area contributed by atoms with Crippen LogP contribution in [0.25, 0.3) is 0 Å². The summed E-state index contributed by atoms with van der Waals surface area (Å²) in [5.74, 6) is 1.18. The number of hydrogen-bond donors (Lipinski definition) is 1. The minimum Gasteiger partial charge on any atom is -0.497 e. The van der Waals surface area contributed by atoms with Gasteiger partial charge < -0.3 is 15.2 Å². The van der Waals surface area contributed by atoms with Crippen LogP contribution in [0.2, 0.25) is 0 Å². The molecule has 0 spiro atoms. The lowest BCUT2D eigenvalue weighted by Gasteiger charge is -2.34. The smallest absolute Gasteiger partial charge is 0.326 e. The SMILES string of the molecule is CCC1CCC(N)(C(=O)OCc2cccc(OC)c2)CC1. The van der Waals surface area contributed by atoms with E-state index < -0.39 is 5.54 Å². The molecule has 0 unspecified atom stereocenters. The van der Waals surface area contributed by atoms with Gasteiger partial charge in [0.1, 0.15) is 17.9 Å². The van der Waals surface area contributed by atoms with E-state index in [0.717, 1.165) is 43.4 Å². The highest BCUT2D eigenvalue weighted by atomic mass is 16.5. The fourth-order valence-corrected chi connectivity index (χ4v) is 2.86. The lowest BCUT2D eigenvalue weighted by atomic mass is 9.76. The molecular formula is C17H25NO3. The van der Waals surface area contributed by atoms with Gasteiger partial charge in [-0.25, -0.2) is 0 Å². The summed E-state index contributed by atoms with van der Waals surface area (Å²) in [6, 6.07) is 7.52. The summed E-state index contributed by atoms with van der Waals surface area (Å²) >= 11 is 0. The molecule has 0 bridgehead atoms. The Kier molecular flexibility index (Phi) is 5.23. The van der Waals surface area contributed by atoms with Gasteiger partial charge in [-0.3, -0.25) is 4.79 Å². The van der Waals surface area contributed by atoms with Crippen LogP contribution in [-0.4, -0.2) is 18.6 Å². The molecule has 1 saturated carbocycles. The standard InChI is InChI=1S/C17H25NO3/c1-3-13-7-9-17(18,10-8-13)16(19)21-12-14-5-4-6-15(11-14)20-2/h4-6,11,13H,3,7-10,12,18H2,1-2H3. The summed E-state index contributed by atoms with van der Waals surface area (Å²) < 4.78 is 10.6. The van der Waals surface area contributed by atoms with Crippen LogP contribution >= 0.6 is 0 Å². The van der Waals surface area contributed by atoms with Crippen molar-refractivity contribution in [2.75, 3.05) is 7.11 Å².